The Hall–Kier alpha value is -5.03. The normalized spacial score (nSPS) is 27.2. The maximum Gasteiger partial charge on any atom is 0.255 e. The minimum atomic E-state index is -0.578. The van der Waals surface area contributed by atoms with Gasteiger partial charge in [0.1, 0.15) is 11.8 Å². The number of carbonyl (C=O) groups excluding carboxylic acids is 3. The third-order valence-electron chi connectivity index (χ3n) is 17.5. The Morgan fingerprint density at radius 2 is 1.30 bits per heavy atom. The smallest absolute Gasteiger partial charge is 0.255 e. The van der Waals surface area contributed by atoms with E-state index in [-0.39, 0.29) is 24.1 Å². The van der Waals surface area contributed by atoms with Gasteiger partial charge in [0.25, 0.3) is 5.91 Å². The zero-order valence-corrected chi connectivity index (χ0v) is 39.4. The van der Waals surface area contributed by atoms with Gasteiger partial charge in [0.15, 0.2) is 0 Å². The van der Waals surface area contributed by atoms with Gasteiger partial charge in [0.05, 0.1) is 0 Å². The number of benzene rings is 4. The Morgan fingerprint density at radius 1 is 0.597 bits per heavy atom. The molecule has 4 aromatic rings. The molecule has 10 nitrogen and oxygen atoms in total. The minimum Gasteiger partial charge on any atom is -0.508 e. The quantitative estimate of drug-likeness (QED) is 0.154. The molecule has 352 valence electrons. The summed E-state index contributed by atoms with van der Waals surface area (Å²) in [7, 11) is 0. The molecule has 67 heavy (non-hydrogen) atoms. The number of fused-ring (bicyclic) bond motifs is 2. The molecular formula is C57H70N6O4. The van der Waals surface area contributed by atoms with Crippen molar-refractivity contribution in [3.8, 4) is 5.75 Å². The topological polar surface area (TPSA) is 99.7 Å². The number of phenolic OH excluding ortho intramolecular Hbond substituents is 1. The molecule has 10 heteroatoms. The lowest BCUT2D eigenvalue weighted by Gasteiger charge is -2.44. The SMILES string of the molecule is O=C1CCC(N2Cc3cc(N4CCN(C[C@@H]5CCCC[C@H]5CN5CCC(N6CCC(c7ccc([C@@H]8c9ccc(O)cc9CC[C@@H]8c8ccccc8)cc7)CC6)CC5)CC4)ccc3C2=O)C(=O)N1. The number of aromatic hydroxyl groups is 1. The van der Waals surface area contributed by atoms with Gasteiger partial charge in [-0.1, -0.05) is 73.5 Å². The predicted molar refractivity (Wildman–Crippen MR) is 263 cm³/mol. The highest BCUT2D eigenvalue weighted by Crippen LogP contribution is 2.47. The number of imide groups is 1. The van der Waals surface area contributed by atoms with Gasteiger partial charge in [-0.25, -0.2) is 0 Å². The van der Waals surface area contributed by atoms with Crippen molar-refractivity contribution in [1.82, 2.24) is 24.9 Å². The van der Waals surface area contributed by atoms with Crippen molar-refractivity contribution < 1.29 is 19.5 Å². The van der Waals surface area contributed by atoms with Crippen LogP contribution < -0.4 is 10.2 Å². The van der Waals surface area contributed by atoms with Crippen molar-refractivity contribution >= 4 is 23.4 Å². The van der Waals surface area contributed by atoms with Gasteiger partial charge >= 0.3 is 0 Å². The number of piperidine rings is 3. The van der Waals surface area contributed by atoms with Crippen molar-refractivity contribution in [3.63, 3.8) is 0 Å². The summed E-state index contributed by atoms with van der Waals surface area (Å²) in [6, 6.07) is 33.1. The van der Waals surface area contributed by atoms with E-state index in [1.165, 1.54) is 118 Å². The van der Waals surface area contributed by atoms with Crippen LogP contribution in [-0.2, 0) is 22.6 Å². The molecule has 1 saturated carbocycles. The molecule has 5 atom stereocenters. The summed E-state index contributed by atoms with van der Waals surface area (Å²) < 4.78 is 0. The Morgan fingerprint density at radius 3 is 2.01 bits per heavy atom. The average molecular weight is 903 g/mol. The molecule has 5 heterocycles. The molecule has 5 aliphatic heterocycles. The molecule has 1 unspecified atom stereocenters. The third-order valence-corrected chi connectivity index (χ3v) is 17.5. The van der Waals surface area contributed by atoms with Crippen LogP contribution in [0.3, 0.4) is 0 Å². The summed E-state index contributed by atoms with van der Waals surface area (Å²) in [6.45, 7) is 11.9. The molecule has 3 amide bonds. The van der Waals surface area contributed by atoms with Crippen LogP contribution >= 0.6 is 0 Å². The van der Waals surface area contributed by atoms with Crippen LogP contribution in [0, 0.1) is 11.8 Å². The lowest BCUT2D eigenvalue weighted by atomic mass is 9.69. The van der Waals surface area contributed by atoms with Gasteiger partial charge in [-0.2, -0.15) is 0 Å². The fraction of sp³-hybridized carbons (Fsp3) is 0.526. The zero-order chi connectivity index (χ0) is 45.4. The Labute approximate surface area is 397 Å². The second kappa shape index (κ2) is 19.5. The van der Waals surface area contributed by atoms with E-state index >= 15 is 0 Å². The van der Waals surface area contributed by atoms with E-state index in [1.54, 1.807) is 4.90 Å². The summed E-state index contributed by atoms with van der Waals surface area (Å²) in [5.74, 6) is 2.56. The number of piperazine rings is 1. The first-order valence-electron chi connectivity index (χ1n) is 26.0. The molecule has 0 spiro atoms. The number of nitrogens with one attached hydrogen (secondary N) is 1. The molecule has 2 N–H and O–H groups in total. The lowest BCUT2D eigenvalue weighted by Crippen LogP contribution is -2.52. The highest BCUT2D eigenvalue weighted by atomic mass is 16.3. The number of phenols is 1. The number of nitrogens with zero attached hydrogens (tertiary/aromatic N) is 5. The fourth-order valence-corrected chi connectivity index (χ4v) is 13.7. The first-order chi connectivity index (χ1) is 32.8. The van der Waals surface area contributed by atoms with Crippen LogP contribution in [-0.4, -0.2) is 120 Å². The van der Waals surface area contributed by atoms with E-state index in [9.17, 15) is 19.5 Å². The van der Waals surface area contributed by atoms with Crippen molar-refractivity contribution in [2.45, 2.75) is 113 Å². The highest BCUT2D eigenvalue weighted by molar-refractivity contribution is 6.05. The number of likely N-dealkylation sites (tertiary alicyclic amines) is 2. The first kappa shape index (κ1) is 44.5. The molecule has 11 rings (SSSR count). The average Bonchev–Trinajstić information content (AvgIpc) is 3.69. The molecule has 0 aromatic heterocycles. The lowest BCUT2D eigenvalue weighted by molar-refractivity contribution is -0.136. The molecule has 0 radical (unpaired) electrons. The van der Waals surface area contributed by atoms with Gasteiger partial charge in [0.2, 0.25) is 11.8 Å². The van der Waals surface area contributed by atoms with Crippen molar-refractivity contribution in [1.29, 1.82) is 0 Å². The summed E-state index contributed by atoms with van der Waals surface area (Å²) in [6.07, 6.45) is 13.3. The van der Waals surface area contributed by atoms with Crippen LogP contribution in [0.5, 0.6) is 5.75 Å². The molecule has 5 fully saturated rings. The van der Waals surface area contributed by atoms with Crippen molar-refractivity contribution in [2.75, 3.05) is 70.3 Å². The minimum absolute atomic E-state index is 0.106. The molecular weight excluding hydrogens is 833 g/mol. The Bertz CT molecular complexity index is 2400. The van der Waals surface area contributed by atoms with E-state index in [1.807, 2.05) is 18.2 Å². The van der Waals surface area contributed by atoms with Crippen LogP contribution in [0.4, 0.5) is 5.69 Å². The van der Waals surface area contributed by atoms with Gasteiger partial charge in [-0.05, 0) is 171 Å². The molecule has 7 aliphatic rings. The van der Waals surface area contributed by atoms with Gasteiger partial charge in [0, 0.05) is 75.4 Å². The van der Waals surface area contributed by atoms with E-state index < -0.39 is 6.04 Å². The third kappa shape index (κ3) is 9.43. The van der Waals surface area contributed by atoms with E-state index in [0.717, 1.165) is 62.1 Å². The molecule has 4 saturated heterocycles. The molecule has 2 aliphatic carbocycles. The van der Waals surface area contributed by atoms with Crippen molar-refractivity contribution in [3.05, 3.63) is 130 Å². The Balaban J connectivity index is 0.634. The standard InChI is InChI=1S/C57H70N6O4/c64-49-16-19-51-43(35-49)14-17-50(41-6-2-1-3-7-41)55(51)42-12-10-39(11-13-42)40-22-28-61(29-23-40)47-24-26-59(27-25-47)36-44-8-4-5-9-45(44)37-60-30-32-62(33-31-60)48-15-18-52-46(34-48)38-63(57(52)67)53-20-21-54(65)58-56(53)66/h1-3,6-7,10-13,15-16,18-19,34-35,40,44-45,47,50,53,55,64H,4-5,8-9,14,17,20-33,36-38H2,(H,58,65,66)/t44-,45-,50+,53?,55-/m0/s1. The number of rotatable bonds is 10. The van der Waals surface area contributed by atoms with Crippen LogP contribution in [0.1, 0.15) is 132 Å². The number of anilines is 1. The number of aryl methyl sites for hydroxylation is 1. The van der Waals surface area contributed by atoms with Crippen molar-refractivity contribution in [2.24, 2.45) is 11.8 Å². The highest BCUT2D eigenvalue weighted by Gasteiger charge is 2.40. The van der Waals surface area contributed by atoms with Gasteiger partial charge in [-0.15, -0.1) is 0 Å². The van der Waals surface area contributed by atoms with E-state index in [4.69, 9.17) is 0 Å². The van der Waals surface area contributed by atoms with Gasteiger partial charge in [-0.3, -0.25) is 24.6 Å². The van der Waals surface area contributed by atoms with Crippen LogP contribution in [0.2, 0.25) is 0 Å². The van der Waals surface area contributed by atoms with E-state index in [0.29, 0.717) is 48.1 Å². The molecule has 4 aromatic carbocycles. The number of carbonyl (C=O) groups is 3. The number of hydrogen-bond donors (Lipinski definition) is 2. The summed E-state index contributed by atoms with van der Waals surface area (Å²) in [4.78, 5) is 50.0. The largest absolute Gasteiger partial charge is 0.508 e. The number of hydrogen-bond acceptors (Lipinski definition) is 8. The monoisotopic (exact) mass is 903 g/mol. The summed E-state index contributed by atoms with van der Waals surface area (Å²) in [5, 5.41) is 12.7. The summed E-state index contributed by atoms with van der Waals surface area (Å²) in [5.41, 5.74) is 9.78. The predicted octanol–water partition coefficient (Wildman–Crippen LogP) is 8.29. The van der Waals surface area contributed by atoms with Crippen LogP contribution in [0.15, 0.2) is 91.0 Å². The van der Waals surface area contributed by atoms with Gasteiger partial charge < -0.3 is 24.7 Å². The first-order valence-corrected chi connectivity index (χ1v) is 26.0. The molecule has 0 bridgehead atoms. The maximum atomic E-state index is 13.3. The van der Waals surface area contributed by atoms with E-state index in [2.05, 4.69) is 97.7 Å². The second-order valence-corrected chi connectivity index (χ2v) is 21.3. The second-order valence-electron chi connectivity index (χ2n) is 21.3. The van der Waals surface area contributed by atoms with Crippen LogP contribution in [0.25, 0.3) is 0 Å². The number of amides is 3. The Kier molecular flexibility index (Phi) is 13.0. The zero-order valence-electron chi connectivity index (χ0n) is 39.4. The summed E-state index contributed by atoms with van der Waals surface area (Å²) >= 11 is 0. The maximum absolute atomic E-state index is 13.3. The fourth-order valence-electron chi connectivity index (χ4n) is 13.7.